The third-order valence-electron chi connectivity index (χ3n) is 4.76. The molecule has 0 aliphatic rings. The number of hydrogen-bond donors (Lipinski definition) is 2. The fourth-order valence-corrected chi connectivity index (χ4v) is 4.28. The molecular formula is C23H26N4O3S. The standard InChI is InChI=1S/C23H26N4O3S/c1-4-5-7-18-8-6-9-21(12-18)31(29,30)27-22-13-20(15-25-16(22)2)19-10-11-24-23(14-19)26-17(3)28/h6,8-15,27H,4-5,7H2,1-3H3,(H,24,26,28). The molecule has 0 saturated carbocycles. The smallest absolute Gasteiger partial charge is 0.261 e. The highest BCUT2D eigenvalue weighted by molar-refractivity contribution is 7.92. The molecule has 0 aliphatic heterocycles. The molecule has 1 amide bonds. The van der Waals surface area contributed by atoms with Gasteiger partial charge in [-0.1, -0.05) is 25.5 Å². The van der Waals surface area contributed by atoms with E-state index in [0.717, 1.165) is 30.4 Å². The zero-order valence-corrected chi connectivity index (χ0v) is 18.7. The van der Waals surface area contributed by atoms with Gasteiger partial charge in [-0.15, -0.1) is 0 Å². The van der Waals surface area contributed by atoms with Gasteiger partial charge in [0.2, 0.25) is 5.91 Å². The van der Waals surface area contributed by atoms with Crippen LogP contribution in [0.2, 0.25) is 0 Å². The lowest BCUT2D eigenvalue weighted by Crippen LogP contribution is -2.14. The predicted molar refractivity (Wildman–Crippen MR) is 122 cm³/mol. The van der Waals surface area contributed by atoms with Crippen molar-refractivity contribution in [3.8, 4) is 11.1 Å². The van der Waals surface area contributed by atoms with E-state index in [4.69, 9.17) is 0 Å². The van der Waals surface area contributed by atoms with Crippen LogP contribution in [0.4, 0.5) is 11.5 Å². The number of anilines is 2. The number of rotatable bonds is 8. The first kappa shape index (κ1) is 22.4. The minimum absolute atomic E-state index is 0.221. The zero-order chi connectivity index (χ0) is 22.4. The molecule has 0 atom stereocenters. The summed E-state index contributed by atoms with van der Waals surface area (Å²) in [4.78, 5) is 20.0. The summed E-state index contributed by atoms with van der Waals surface area (Å²) in [6, 6.07) is 12.2. The zero-order valence-electron chi connectivity index (χ0n) is 17.8. The molecule has 7 nitrogen and oxygen atoms in total. The van der Waals surface area contributed by atoms with Crippen LogP contribution in [0.5, 0.6) is 0 Å². The maximum Gasteiger partial charge on any atom is 0.261 e. The Morgan fingerprint density at radius 1 is 1.06 bits per heavy atom. The summed E-state index contributed by atoms with van der Waals surface area (Å²) >= 11 is 0. The van der Waals surface area contributed by atoms with Crippen LogP contribution in [-0.2, 0) is 21.2 Å². The highest BCUT2D eigenvalue weighted by Gasteiger charge is 2.17. The van der Waals surface area contributed by atoms with E-state index in [9.17, 15) is 13.2 Å². The molecule has 3 aromatic rings. The number of nitrogens with zero attached hydrogens (tertiary/aromatic N) is 2. The van der Waals surface area contributed by atoms with Crippen LogP contribution >= 0.6 is 0 Å². The van der Waals surface area contributed by atoms with Crippen LogP contribution in [0.1, 0.15) is 37.9 Å². The Bertz CT molecular complexity index is 1190. The van der Waals surface area contributed by atoms with Gasteiger partial charge < -0.3 is 5.32 Å². The van der Waals surface area contributed by atoms with E-state index in [-0.39, 0.29) is 10.8 Å². The van der Waals surface area contributed by atoms with Crippen LogP contribution in [-0.4, -0.2) is 24.3 Å². The molecule has 1 aromatic carbocycles. The Morgan fingerprint density at radius 2 is 1.87 bits per heavy atom. The number of aryl methyl sites for hydroxylation is 2. The third-order valence-corrected chi connectivity index (χ3v) is 6.12. The van der Waals surface area contributed by atoms with Crippen molar-refractivity contribution in [1.29, 1.82) is 0 Å². The first-order valence-corrected chi connectivity index (χ1v) is 11.6. The van der Waals surface area contributed by atoms with Crippen LogP contribution in [0.15, 0.2) is 59.8 Å². The minimum Gasteiger partial charge on any atom is -0.311 e. The summed E-state index contributed by atoms with van der Waals surface area (Å²) in [5, 5.41) is 2.64. The summed E-state index contributed by atoms with van der Waals surface area (Å²) in [6.45, 7) is 5.26. The fraction of sp³-hybridized carbons (Fsp3) is 0.261. The molecule has 0 aliphatic carbocycles. The van der Waals surface area contributed by atoms with E-state index in [1.54, 1.807) is 55.7 Å². The van der Waals surface area contributed by atoms with E-state index in [1.165, 1.54) is 6.92 Å². The molecule has 0 bridgehead atoms. The number of aromatic nitrogens is 2. The number of carbonyl (C=O) groups excluding carboxylic acids is 1. The Kier molecular flexibility index (Phi) is 7.02. The van der Waals surface area contributed by atoms with Crippen molar-refractivity contribution in [2.45, 2.75) is 44.9 Å². The molecule has 3 rings (SSSR count). The lowest BCUT2D eigenvalue weighted by Gasteiger charge is -2.13. The summed E-state index contributed by atoms with van der Waals surface area (Å²) in [7, 11) is -3.77. The third kappa shape index (κ3) is 5.88. The second-order valence-electron chi connectivity index (χ2n) is 7.32. The molecule has 0 unspecified atom stereocenters. The molecule has 0 saturated heterocycles. The number of unbranched alkanes of at least 4 members (excludes halogenated alkanes) is 1. The van der Waals surface area contributed by atoms with E-state index in [2.05, 4.69) is 26.9 Å². The molecule has 0 radical (unpaired) electrons. The first-order valence-electron chi connectivity index (χ1n) is 10.1. The predicted octanol–water partition coefficient (Wildman–Crippen LogP) is 4.55. The van der Waals surface area contributed by atoms with Crippen molar-refractivity contribution in [2.75, 3.05) is 10.0 Å². The van der Waals surface area contributed by atoms with E-state index >= 15 is 0 Å². The maximum absolute atomic E-state index is 13.0. The van der Waals surface area contributed by atoms with Crippen molar-refractivity contribution in [1.82, 2.24) is 9.97 Å². The molecule has 162 valence electrons. The number of pyridine rings is 2. The summed E-state index contributed by atoms with van der Waals surface area (Å²) in [5.74, 6) is 0.192. The summed E-state index contributed by atoms with van der Waals surface area (Å²) < 4.78 is 28.7. The van der Waals surface area contributed by atoms with Gasteiger partial charge in [-0.3, -0.25) is 14.5 Å². The average Bonchev–Trinajstić information content (AvgIpc) is 2.73. The highest BCUT2D eigenvalue weighted by Crippen LogP contribution is 2.27. The molecule has 2 aromatic heterocycles. The Balaban J connectivity index is 1.90. The monoisotopic (exact) mass is 438 g/mol. The molecule has 31 heavy (non-hydrogen) atoms. The first-order chi connectivity index (χ1) is 14.8. The van der Waals surface area contributed by atoms with E-state index < -0.39 is 10.0 Å². The van der Waals surface area contributed by atoms with Gasteiger partial charge in [0.1, 0.15) is 5.82 Å². The highest BCUT2D eigenvalue weighted by atomic mass is 32.2. The molecule has 2 heterocycles. The number of amides is 1. The molecule has 8 heteroatoms. The van der Waals surface area contributed by atoms with Gasteiger partial charge in [0.05, 0.1) is 16.3 Å². The second-order valence-corrected chi connectivity index (χ2v) is 9.01. The van der Waals surface area contributed by atoms with Crippen molar-refractivity contribution >= 4 is 27.4 Å². The lowest BCUT2D eigenvalue weighted by molar-refractivity contribution is -0.114. The Hall–Kier alpha value is -3.26. The molecule has 0 spiro atoms. The van der Waals surface area contributed by atoms with Crippen molar-refractivity contribution in [3.05, 3.63) is 66.1 Å². The van der Waals surface area contributed by atoms with Crippen molar-refractivity contribution in [2.24, 2.45) is 0 Å². The number of hydrogen-bond acceptors (Lipinski definition) is 5. The van der Waals surface area contributed by atoms with E-state index in [0.29, 0.717) is 22.8 Å². The quantitative estimate of drug-likeness (QED) is 0.537. The number of carbonyl (C=O) groups is 1. The van der Waals surface area contributed by atoms with Gasteiger partial charge in [-0.25, -0.2) is 13.4 Å². The van der Waals surface area contributed by atoms with Crippen LogP contribution < -0.4 is 10.0 Å². The van der Waals surface area contributed by atoms with Crippen LogP contribution in [0.3, 0.4) is 0 Å². The number of benzene rings is 1. The van der Waals surface area contributed by atoms with Gasteiger partial charge >= 0.3 is 0 Å². The van der Waals surface area contributed by atoms with Gasteiger partial charge in [-0.2, -0.15) is 0 Å². The van der Waals surface area contributed by atoms with Crippen molar-refractivity contribution < 1.29 is 13.2 Å². The van der Waals surface area contributed by atoms with Gasteiger partial charge in [0, 0.05) is 24.9 Å². The molecular weight excluding hydrogens is 412 g/mol. The Labute approximate surface area is 183 Å². The molecule has 0 fully saturated rings. The summed E-state index contributed by atoms with van der Waals surface area (Å²) in [5.41, 5.74) is 3.41. The normalized spacial score (nSPS) is 11.2. The SMILES string of the molecule is CCCCc1cccc(S(=O)(=O)Nc2cc(-c3ccnc(NC(C)=O)c3)cnc2C)c1. The largest absolute Gasteiger partial charge is 0.311 e. The van der Waals surface area contributed by atoms with E-state index in [1.807, 2.05) is 6.07 Å². The second kappa shape index (κ2) is 9.70. The number of sulfonamides is 1. The van der Waals surface area contributed by atoms with Crippen molar-refractivity contribution in [3.63, 3.8) is 0 Å². The topological polar surface area (TPSA) is 101 Å². The average molecular weight is 439 g/mol. The van der Waals surface area contributed by atoms with Gasteiger partial charge in [0.15, 0.2) is 0 Å². The molecule has 2 N–H and O–H groups in total. The Morgan fingerprint density at radius 3 is 2.61 bits per heavy atom. The minimum atomic E-state index is -3.77. The number of nitrogens with one attached hydrogen (secondary N) is 2. The fourth-order valence-electron chi connectivity index (χ4n) is 3.11. The van der Waals surface area contributed by atoms with Crippen LogP contribution in [0.25, 0.3) is 11.1 Å². The summed E-state index contributed by atoms with van der Waals surface area (Å²) in [6.07, 6.45) is 6.13. The lowest BCUT2D eigenvalue weighted by atomic mass is 10.1. The van der Waals surface area contributed by atoms with Gasteiger partial charge in [-0.05, 0) is 61.2 Å². The maximum atomic E-state index is 13.0. The van der Waals surface area contributed by atoms with Crippen LogP contribution in [0, 0.1) is 6.92 Å². The van der Waals surface area contributed by atoms with Gasteiger partial charge in [0.25, 0.3) is 10.0 Å².